The van der Waals surface area contributed by atoms with E-state index < -0.39 is 5.82 Å². The fraction of sp³-hybridized carbons (Fsp3) is 0.520. The van der Waals surface area contributed by atoms with Gasteiger partial charge in [0.1, 0.15) is 23.8 Å². The monoisotopic (exact) mass is 500 g/mol. The molecule has 2 aromatic rings. The van der Waals surface area contributed by atoms with E-state index in [-0.39, 0.29) is 64.1 Å². The Kier molecular flexibility index (Phi) is 6.42. The van der Waals surface area contributed by atoms with Crippen LogP contribution in [0.15, 0.2) is 24.5 Å². The summed E-state index contributed by atoms with van der Waals surface area (Å²) in [5, 5.41) is 2.90. The van der Waals surface area contributed by atoms with E-state index in [9.17, 15) is 14.0 Å². The number of hydrogen-bond donors (Lipinski definition) is 1. The molecule has 3 heterocycles. The highest BCUT2D eigenvalue weighted by Gasteiger charge is 2.47. The van der Waals surface area contributed by atoms with Crippen molar-refractivity contribution >= 4 is 23.4 Å². The quantitative estimate of drug-likeness (QED) is 0.570. The van der Waals surface area contributed by atoms with Crippen LogP contribution in [0.2, 0.25) is 0 Å². The molecule has 192 valence electrons. The van der Waals surface area contributed by atoms with Crippen molar-refractivity contribution < 1.29 is 32.9 Å². The van der Waals surface area contributed by atoms with Gasteiger partial charge in [0.15, 0.2) is 11.6 Å². The van der Waals surface area contributed by atoms with Crippen molar-refractivity contribution in [1.82, 2.24) is 14.9 Å². The summed E-state index contributed by atoms with van der Waals surface area (Å²) in [4.78, 5) is 34.4. The molecule has 1 aromatic heterocycles. The molecule has 0 radical (unpaired) electrons. The highest BCUT2D eigenvalue weighted by molar-refractivity contribution is 5.94. The molecule has 0 spiro atoms. The van der Waals surface area contributed by atoms with Crippen molar-refractivity contribution in [2.45, 2.75) is 38.4 Å². The lowest BCUT2D eigenvalue weighted by molar-refractivity contribution is -0.112. The maximum atomic E-state index is 14.6. The molecule has 2 unspecified atom stereocenters. The van der Waals surface area contributed by atoms with Gasteiger partial charge in [-0.1, -0.05) is 0 Å². The van der Waals surface area contributed by atoms with Gasteiger partial charge >= 0.3 is 6.09 Å². The lowest BCUT2D eigenvalue weighted by atomic mass is 9.84. The number of carbonyl (C=O) groups is 2. The summed E-state index contributed by atoms with van der Waals surface area (Å²) in [6, 6.07) is 4.16. The maximum Gasteiger partial charge on any atom is 0.410 e. The second-order valence-corrected chi connectivity index (χ2v) is 9.80. The maximum absolute atomic E-state index is 14.6. The molecule has 2 bridgehead atoms. The van der Waals surface area contributed by atoms with Crippen LogP contribution in [0.4, 0.5) is 20.7 Å². The van der Waals surface area contributed by atoms with Crippen molar-refractivity contribution in [3.63, 3.8) is 0 Å². The first-order valence-corrected chi connectivity index (χ1v) is 11.9. The third kappa shape index (κ3) is 4.92. The van der Waals surface area contributed by atoms with Crippen LogP contribution in [-0.2, 0) is 9.47 Å². The van der Waals surface area contributed by atoms with Crippen LogP contribution >= 0.6 is 0 Å². The predicted octanol–water partition coefficient (Wildman–Crippen LogP) is 3.59. The molecule has 36 heavy (non-hydrogen) atoms. The van der Waals surface area contributed by atoms with Gasteiger partial charge in [-0.3, -0.25) is 4.79 Å². The van der Waals surface area contributed by atoms with Crippen LogP contribution in [0.3, 0.4) is 0 Å². The van der Waals surface area contributed by atoms with Gasteiger partial charge in [0, 0.05) is 30.5 Å². The lowest BCUT2D eigenvalue weighted by Gasteiger charge is -2.46. The minimum Gasteiger partial charge on any atom is -0.489 e. The average Bonchev–Trinajstić information content (AvgIpc) is 3.56. The number of ketones is 1. The summed E-state index contributed by atoms with van der Waals surface area (Å²) in [6.07, 6.45) is 2.53. The SMILES string of the molecule is COc1c(Nc2ccc(C(C)=O)cc2F)ncnc1OC1C2COCC1CN(C(=O)OC1(C)CC1)C2. The van der Waals surface area contributed by atoms with Crippen molar-refractivity contribution in [2.24, 2.45) is 11.8 Å². The van der Waals surface area contributed by atoms with Gasteiger partial charge in [0.05, 0.1) is 26.0 Å². The number of benzene rings is 1. The van der Waals surface area contributed by atoms with E-state index in [1.807, 2.05) is 6.92 Å². The smallest absolute Gasteiger partial charge is 0.410 e. The molecule has 3 fully saturated rings. The molecule has 1 aromatic carbocycles. The molecular weight excluding hydrogens is 471 g/mol. The van der Waals surface area contributed by atoms with Crippen molar-refractivity contribution in [2.75, 3.05) is 38.7 Å². The molecule has 1 N–H and O–H groups in total. The number of ether oxygens (including phenoxy) is 4. The standard InChI is InChI=1S/C25H29FN4O6/c1-14(31)15-4-5-19(18(26)8-15)29-22-21(33-3)23(28-13-27-22)35-20-16-9-30(10-17(20)12-34-11-16)24(32)36-25(2)6-7-25/h4-5,8,13,16-17,20H,6-7,9-12H2,1-3H3,(H,27,28,29). The van der Waals surface area contributed by atoms with Crippen molar-refractivity contribution in [1.29, 1.82) is 0 Å². The van der Waals surface area contributed by atoms with Crippen LogP contribution in [0, 0.1) is 17.7 Å². The molecule has 1 saturated carbocycles. The Hall–Kier alpha value is -3.47. The van der Waals surface area contributed by atoms with E-state index >= 15 is 0 Å². The summed E-state index contributed by atoms with van der Waals surface area (Å²) in [5.74, 6) is -0.344. The number of likely N-dealkylation sites (tertiary alicyclic amines) is 1. The Morgan fingerprint density at radius 2 is 1.92 bits per heavy atom. The van der Waals surface area contributed by atoms with E-state index in [1.54, 1.807) is 4.90 Å². The predicted molar refractivity (Wildman–Crippen MR) is 126 cm³/mol. The minimum atomic E-state index is -0.600. The average molecular weight is 501 g/mol. The zero-order chi connectivity index (χ0) is 25.4. The Bertz CT molecular complexity index is 1160. The molecular formula is C25H29FN4O6. The van der Waals surface area contributed by atoms with E-state index in [0.29, 0.717) is 26.3 Å². The number of anilines is 2. The number of rotatable bonds is 7. The highest BCUT2D eigenvalue weighted by atomic mass is 19.1. The Labute approximate surface area is 208 Å². The number of halogens is 1. The number of amides is 1. The van der Waals surface area contributed by atoms with Crippen LogP contribution in [-0.4, -0.2) is 71.9 Å². The van der Waals surface area contributed by atoms with Crippen molar-refractivity contribution in [3.8, 4) is 11.6 Å². The zero-order valence-electron chi connectivity index (χ0n) is 20.5. The number of methoxy groups -OCH3 is 1. The zero-order valence-corrected chi connectivity index (χ0v) is 20.5. The normalized spacial score (nSPS) is 24.0. The molecule has 10 nitrogen and oxygen atoms in total. The molecule has 1 aliphatic carbocycles. The van der Waals surface area contributed by atoms with Gasteiger partial charge in [-0.15, -0.1) is 0 Å². The first-order chi connectivity index (χ1) is 17.3. The van der Waals surface area contributed by atoms with Crippen LogP contribution < -0.4 is 14.8 Å². The number of piperidine rings is 1. The van der Waals surface area contributed by atoms with Gasteiger partial charge in [-0.2, -0.15) is 4.98 Å². The number of nitrogens with zero attached hydrogens (tertiary/aromatic N) is 3. The Balaban J connectivity index is 1.32. The first kappa shape index (κ1) is 24.2. The van der Waals surface area contributed by atoms with E-state index in [2.05, 4.69) is 15.3 Å². The minimum absolute atomic E-state index is 0.0790. The number of fused-ring (bicyclic) bond motifs is 2. The third-order valence-corrected chi connectivity index (χ3v) is 6.90. The van der Waals surface area contributed by atoms with Gasteiger partial charge in [0.25, 0.3) is 5.88 Å². The number of hydrogen-bond acceptors (Lipinski definition) is 9. The third-order valence-electron chi connectivity index (χ3n) is 6.90. The Morgan fingerprint density at radius 1 is 1.19 bits per heavy atom. The summed E-state index contributed by atoms with van der Waals surface area (Å²) in [6.45, 7) is 5.09. The summed E-state index contributed by atoms with van der Waals surface area (Å²) < 4.78 is 37.8. The van der Waals surface area contributed by atoms with Crippen molar-refractivity contribution in [3.05, 3.63) is 35.9 Å². The van der Waals surface area contributed by atoms with E-state index in [0.717, 1.165) is 12.8 Å². The largest absolute Gasteiger partial charge is 0.489 e. The molecule has 11 heteroatoms. The topological polar surface area (TPSA) is 112 Å². The van der Waals surface area contributed by atoms with Gasteiger partial charge in [-0.25, -0.2) is 14.2 Å². The fourth-order valence-electron chi connectivity index (χ4n) is 4.60. The number of carbonyl (C=O) groups excluding carboxylic acids is 2. The molecule has 5 rings (SSSR count). The molecule has 2 saturated heterocycles. The van der Waals surface area contributed by atoms with Crippen LogP contribution in [0.5, 0.6) is 11.6 Å². The summed E-state index contributed by atoms with van der Waals surface area (Å²) in [7, 11) is 1.45. The molecule has 1 amide bonds. The first-order valence-electron chi connectivity index (χ1n) is 11.9. The number of nitrogens with one attached hydrogen (secondary N) is 1. The second kappa shape index (κ2) is 9.53. The van der Waals surface area contributed by atoms with Gasteiger partial charge < -0.3 is 29.2 Å². The summed E-state index contributed by atoms with van der Waals surface area (Å²) >= 11 is 0. The van der Waals surface area contributed by atoms with E-state index in [1.165, 1.54) is 38.6 Å². The Morgan fingerprint density at radius 3 is 2.53 bits per heavy atom. The lowest BCUT2D eigenvalue weighted by Crippen LogP contribution is -2.59. The molecule has 2 atom stereocenters. The van der Waals surface area contributed by atoms with Crippen LogP contribution in [0.25, 0.3) is 0 Å². The number of Topliss-reactive ketones (excluding diaryl/α,β-unsaturated/α-hetero) is 1. The van der Waals surface area contributed by atoms with E-state index in [4.69, 9.17) is 18.9 Å². The highest BCUT2D eigenvalue weighted by Crippen LogP contribution is 2.41. The molecule has 2 aliphatic heterocycles. The fourth-order valence-corrected chi connectivity index (χ4v) is 4.60. The van der Waals surface area contributed by atoms with Gasteiger partial charge in [0.2, 0.25) is 5.75 Å². The second-order valence-electron chi connectivity index (χ2n) is 9.80. The van der Waals surface area contributed by atoms with Gasteiger partial charge in [-0.05, 0) is 44.9 Å². The molecule has 3 aliphatic rings. The number of aromatic nitrogens is 2. The summed E-state index contributed by atoms with van der Waals surface area (Å²) in [5.41, 5.74) is 0.0657. The van der Waals surface area contributed by atoms with Crippen LogP contribution in [0.1, 0.15) is 37.0 Å².